The van der Waals surface area contributed by atoms with E-state index >= 15 is 0 Å². The second-order valence-electron chi connectivity index (χ2n) is 4.75. The number of para-hydroxylation sites is 1. The summed E-state index contributed by atoms with van der Waals surface area (Å²) < 4.78 is 28.9. The summed E-state index contributed by atoms with van der Waals surface area (Å²) in [6.45, 7) is -0.0395. The van der Waals surface area contributed by atoms with Gasteiger partial charge < -0.3 is 10.1 Å². The molecule has 2 rings (SSSR count). The molecule has 1 fully saturated rings. The first-order valence-corrected chi connectivity index (χ1v) is 5.87. The molecule has 0 aliphatic heterocycles. The SMILES string of the molecule is CC1(NCc2ccccc2OC(F)F)CCC1. The van der Waals surface area contributed by atoms with Crippen molar-refractivity contribution in [1.29, 1.82) is 0 Å². The summed E-state index contributed by atoms with van der Waals surface area (Å²) in [4.78, 5) is 0. The molecule has 0 amide bonds. The number of hydrogen-bond acceptors (Lipinski definition) is 2. The predicted molar refractivity (Wildman–Crippen MR) is 62.2 cm³/mol. The molecule has 0 saturated heterocycles. The molecule has 1 aliphatic carbocycles. The van der Waals surface area contributed by atoms with Crippen LogP contribution in [-0.4, -0.2) is 12.2 Å². The first-order valence-electron chi connectivity index (χ1n) is 5.87. The summed E-state index contributed by atoms with van der Waals surface area (Å²) in [6.07, 6.45) is 3.52. The van der Waals surface area contributed by atoms with Crippen LogP contribution in [0.15, 0.2) is 24.3 Å². The zero-order valence-electron chi connectivity index (χ0n) is 9.88. The van der Waals surface area contributed by atoms with Crippen LogP contribution >= 0.6 is 0 Å². The summed E-state index contributed by atoms with van der Waals surface area (Å²) in [5.41, 5.74) is 0.943. The molecular weight excluding hydrogens is 224 g/mol. The van der Waals surface area contributed by atoms with Crippen molar-refractivity contribution >= 4 is 0 Å². The van der Waals surface area contributed by atoms with E-state index in [1.165, 1.54) is 6.42 Å². The molecule has 1 aromatic carbocycles. The minimum absolute atomic E-state index is 0.165. The van der Waals surface area contributed by atoms with Gasteiger partial charge in [0.1, 0.15) is 5.75 Å². The van der Waals surface area contributed by atoms with Gasteiger partial charge in [-0.1, -0.05) is 18.2 Å². The van der Waals surface area contributed by atoms with Gasteiger partial charge in [0.15, 0.2) is 0 Å². The van der Waals surface area contributed by atoms with Gasteiger partial charge in [0.05, 0.1) is 0 Å². The molecule has 1 aliphatic rings. The topological polar surface area (TPSA) is 21.3 Å². The zero-order valence-corrected chi connectivity index (χ0v) is 9.88. The Kier molecular flexibility index (Phi) is 3.62. The number of halogens is 2. The molecule has 4 heteroatoms. The summed E-state index contributed by atoms with van der Waals surface area (Å²) in [6, 6.07) is 6.92. The Morgan fingerprint density at radius 1 is 1.35 bits per heavy atom. The van der Waals surface area contributed by atoms with Crippen molar-refractivity contribution in [3.05, 3.63) is 29.8 Å². The van der Waals surface area contributed by atoms with Crippen LogP contribution in [0.1, 0.15) is 31.7 Å². The van der Waals surface area contributed by atoms with E-state index in [0.717, 1.165) is 18.4 Å². The number of rotatable bonds is 5. The van der Waals surface area contributed by atoms with Crippen LogP contribution in [0.4, 0.5) is 8.78 Å². The molecule has 1 saturated carbocycles. The fourth-order valence-electron chi connectivity index (χ4n) is 2.05. The molecule has 1 N–H and O–H groups in total. The maximum absolute atomic E-state index is 12.2. The Labute approximate surface area is 100.0 Å². The number of benzene rings is 1. The Morgan fingerprint density at radius 2 is 2.06 bits per heavy atom. The molecule has 17 heavy (non-hydrogen) atoms. The van der Waals surface area contributed by atoms with Crippen LogP contribution in [0.3, 0.4) is 0 Å². The minimum Gasteiger partial charge on any atom is -0.434 e. The number of nitrogens with one attached hydrogen (secondary N) is 1. The maximum Gasteiger partial charge on any atom is 0.387 e. The smallest absolute Gasteiger partial charge is 0.387 e. The third-order valence-electron chi connectivity index (χ3n) is 3.35. The average molecular weight is 241 g/mol. The predicted octanol–water partition coefficient (Wildman–Crippen LogP) is 3.32. The monoisotopic (exact) mass is 241 g/mol. The fourth-order valence-corrected chi connectivity index (χ4v) is 2.05. The quantitative estimate of drug-likeness (QED) is 0.853. The highest BCUT2D eigenvalue weighted by atomic mass is 19.3. The second kappa shape index (κ2) is 5.00. The van der Waals surface area contributed by atoms with Gasteiger partial charge in [-0.05, 0) is 32.3 Å². The molecule has 0 atom stereocenters. The van der Waals surface area contributed by atoms with E-state index in [9.17, 15) is 8.78 Å². The van der Waals surface area contributed by atoms with Crippen LogP contribution in [0.25, 0.3) is 0 Å². The Hall–Kier alpha value is -1.16. The summed E-state index contributed by atoms with van der Waals surface area (Å²) >= 11 is 0. The van der Waals surface area contributed by atoms with Crippen molar-refractivity contribution in [2.45, 2.75) is 44.9 Å². The average Bonchev–Trinajstić information content (AvgIpc) is 2.25. The molecule has 0 unspecified atom stereocenters. The van der Waals surface area contributed by atoms with Crippen molar-refractivity contribution < 1.29 is 13.5 Å². The lowest BCUT2D eigenvalue weighted by molar-refractivity contribution is -0.0505. The highest BCUT2D eigenvalue weighted by molar-refractivity contribution is 5.33. The van der Waals surface area contributed by atoms with Crippen molar-refractivity contribution in [3.8, 4) is 5.75 Å². The van der Waals surface area contributed by atoms with Crippen molar-refractivity contribution in [2.24, 2.45) is 0 Å². The van der Waals surface area contributed by atoms with Crippen molar-refractivity contribution in [3.63, 3.8) is 0 Å². The molecule has 2 nitrogen and oxygen atoms in total. The second-order valence-corrected chi connectivity index (χ2v) is 4.75. The number of alkyl halides is 2. The van der Waals surface area contributed by atoms with E-state index in [1.807, 2.05) is 12.1 Å². The summed E-state index contributed by atoms with van der Waals surface area (Å²) in [5.74, 6) is 0.262. The molecular formula is C13H17F2NO. The lowest BCUT2D eigenvalue weighted by Gasteiger charge is -2.39. The first-order chi connectivity index (χ1) is 8.09. The van der Waals surface area contributed by atoms with Gasteiger partial charge in [-0.3, -0.25) is 0 Å². The van der Waals surface area contributed by atoms with Crippen molar-refractivity contribution in [1.82, 2.24) is 5.32 Å². The van der Waals surface area contributed by atoms with Gasteiger partial charge >= 0.3 is 6.61 Å². The van der Waals surface area contributed by atoms with E-state index < -0.39 is 6.61 Å². The Morgan fingerprint density at radius 3 is 2.65 bits per heavy atom. The third-order valence-corrected chi connectivity index (χ3v) is 3.35. The minimum atomic E-state index is -2.77. The first kappa shape index (κ1) is 12.3. The van der Waals surface area contributed by atoms with E-state index in [0.29, 0.717) is 6.54 Å². The molecule has 94 valence electrons. The summed E-state index contributed by atoms with van der Waals surface area (Å²) in [7, 11) is 0. The fraction of sp³-hybridized carbons (Fsp3) is 0.538. The van der Waals surface area contributed by atoms with Crippen LogP contribution in [-0.2, 0) is 6.54 Å². The van der Waals surface area contributed by atoms with Gasteiger partial charge in [0.25, 0.3) is 0 Å². The third kappa shape index (κ3) is 3.16. The number of ether oxygens (including phenoxy) is 1. The Balaban J connectivity index is 1.99. The maximum atomic E-state index is 12.2. The van der Waals surface area contributed by atoms with Gasteiger partial charge in [0, 0.05) is 17.6 Å². The summed E-state index contributed by atoms with van der Waals surface area (Å²) in [5, 5.41) is 3.40. The highest BCUT2D eigenvalue weighted by Gasteiger charge is 2.30. The van der Waals surface area contributed by atoms with Gasteiger partial charge in [-0.25, -0.2) is 0 Å². The zero-order chi connectivity index (χ0) is 12.3. The normalized spacial score (nSPS) is 17.9. The largest absolute Gasteiger partial charge is 0.434 e. The van der Waals surface area contributed by atoms with E-state index in [4.69, 9.17) is 0 Å². The van der Waals surface area contributed by atoms with Crippen LogP contribution in [0.5, 0.6) is 5.75 Å². The molecule has 0 radical (unpaired) electrons. The highest BCUT2D eigenvalue weighted by Crippen LogP contribution is 2.32. The van der Waals surface area contributed by atoms with Gasteiger partial charge in [0.2, 0.25) is 0 Å². The lowest BCUT2D eigenvalue weighted by atomic mass is 9.78. The molecule has 0 bridgehead atoms. The Bertz CT molecular complexity index is 377. The van der Waals surface area contributed by atoms with Gasteiger partial charge in [-0.15, -0.1) is 0 Å². The molecule has 0 heterocycles. The van der Waals surface area contributed by atoms with Crippen LogP contribution in [0, 0.1) is 0 Å². The molecule has 0 spiro atoms. The lowest BCUT2D eigenvalue weighted by Crippen LogP contribution is -2.47. The van der Waals surface area contributed by atoms with E-state index in [2.05, 4.69) is 17.0 Å². The molecule has 1 aromatic rings. The van der Waals surface area contributed by atoms with Crippen LogP contribution < -0.4 is 10.1 Å². The standard InChI is InChI=1S/C13H17F2NO/c1-13(7-4-8-13)16-9-10-5-2-3-6-11(10)17-12(14)15/h2-3,5-6,12,16H,4,7-9H2,1H3. The van der Waals surface area contributed by atoms with Crippen molar-refractivity contribution in [2.75, 3.05) is 0 Å². The van der Waals surface area contributed by atoms with E-state index in [1.54, 1.807) is 12.1 Å². The van der Waals surface area contributed by atoms with Gasteiger partial charge in [-0.2, -0.15) is 8.78 Å². The van der Waals surface area contributed by atoms with E-state index in [-0.39, 0.29) is 11.3 Å². The van der Waals surface area contributed by atoms with Crippen LogP contribution in [0.2, 0.25) is 0 Å². The number of hydrogen-bond donors (Lipinski definition) is 1. The molecule has 0 aromatic heterocycles.